The minimum absolute atomic E-state index is 0.254. The summed E-state index contributed by atoms with van der Waals surface area (Å²) < 4.78 is 37.3. The Kier molecular flexibility index (Phi) is 5.22. The fourth-order valence-electron chi connectivity index (χ4n) is 2.47. The van der Waals surface area contributed by atoms with Crippen LogP contribution in [0, 0.1) is 5.92 Å². The topological polar surface area (TPSA) is 41.1 Å². The molecule has 1 aromatic carbocycles. The highest BCUT2D eigenvalue weighted by Crippen LogP contribution is 2.29. The molecule has 1 amide bonds. The van der Waals surface area contributed by atoms with Crippen molar-refractivity contribution in [1.29, 1.82) is 0 Å². The van der Waals surface area contributed by atoms with E-state index in [1.165, 1.54) is 12.1 Å². The predicted octanol–water partition coefficient (Wildman–Crippen LogP) is 2.82. The van der Waals surface area contributed by atoms with E-state index in [4.69, 9.17) is 0 Å². The zero-order valence-corrected chi connectivity index (χ0v) is 11.7. The molecule has 0 spiro atoms. The molecule has 1 atom stereocenters. The second-order valence-electron chi connectivity index (χ2n) is 5.33. The zero-order chi connectivity index (χ0) is 15.3. The molecule has 3 nitrogen and oxygen atoms in total. The molecule has 0 saturated carbocycles. The van der Waals surface area contributed by atoms with Crippen molar-refractivity contribution in [1.82, 2.24) is 10.6 Å². The van der Waals surface area contributed by atoms with Gasteiger partial charge in [-0.25, -0.2) is 0 Å². The van der Waals surface area contributed by atoms with Gasteiger partial charge in [-0.15, -0.1) is 0 Å². The van der Waals surface area contributed by atoms with Crippen LogP contribution in [0.3, 0.4) is 0 Å². The van der Waals surface area contributed by atoms with Gasteiger partial charge in [-0.2, -0.15) is 13.2 Å². The third-order valence-electron chi connectivity index (χ3n) is 3.71. The number of halogens is 3. The van der Waals surface area contributed by atoms with Crippen LogP contribution in [-0.4, -0.2) is 25.5 Å². The van der Waals surface area contributed by atoms with Crippen molar-refractivity contribution < 1.29 is 18.0 Å². The van der Waals surface area contributed by atoms with E-state index in [-0.39, 0.29) is 11.5 Å². The number of carbonyl (C=O) groups excluding carboxylic acids is 1. The van der Waals surface area contributed by atoms with Gasteiger partial charge in [0.15, 0.2) is 0 Å². The molecule has 1 heterocycles. The van der Waals surface area contributed by atoms with Gasteiger partial charge in [0.25, 0.3) is 5.91 Å². The van der Waals surface area contributed by atoms with E-state index in [1.807, 2.05) is 0 Å². The number of benzene rings is 1. The molecule has 1 aliphatic heterocycles. The van der Waals surface area contributed by atoms with E-state index in [2.05, 4.69) is 10.6 Å². The van der Waals surface area contributed by atoms with E-state index in [0.717, 1.165) is 44.5 Å². The lowest BCUT2D eigenvalue weighted by Crippen LogP contribution is -2.33. The second kappa shape index (κ2) is 6.93. The van der Waals surface area contributed by atoms with Gasteiger partial charge >= 0.3 is 6.18 Å². The fourth-order valence-corrected chi connectivity index (χ4v) is 2.47. The zero-order valence-electron chi connectivity index (χ0n) is 11.7. The van der Waals surface area contributed by atoms with Crippen molar-refractivity contribution in [3.63, 3.8) is 0 Å². The lowest BCUT2D eigenvalue weighted by molar-refractivity contribution is -0.137. The maximum absolute atomic E-state index is 12.4. The summed E-state index contributed by atoms with van der Waals surface area (Å²) in [6.07, 6.45) is -1.18. The number of piperidine rings is 1. The summed E-state index contributed by atoms with van der Waals surface area (Å²) in [6, 6.07) is 4.28. The van der Waals surface area contributed by atoms with Crippen molar-refractivity contribution in [2.45, 2.75) is 25.4 Å². The van der Waals surface area contributed by atoms with Crippen molar-refractivity contribution in [3.8, 4) is 0 Å². The Labute approximate surface area is 121 Å². The molecule has 0 bridgehead atoms. The van der Waals surface area contributed by atoms with Gasteiger partial charge in [0.05, 0.1) is 5.56 Å². The molecule has 1 aromatic rings. The second-order valence-corrected chi connectivity index (χ2v) is 5.33. The van der Waals surface area contributed by atoms with Crippen molar-refractivity contribution in [2.75, 3.05) is 19.6 Å². The number of amides is 1. The molecule has 2 N–H and O–H groups in total. The van der Waals surface area contributed by atoms with Crippen LogP contribution in [0.4, 0.5) is 13.2 Å². The summed E-state index contributed by atoms with van der Waals surface area (Å²) in [5.41, 5.74) is -0.489. The third-order valence-corrected chi connectivity index (χ3v) is 3.71. The number of carbonyl (C=O) groups is 1. The Morgan fingerprint density at radius 3 is 2.57 bits per heavy atom. The van der Waals surface area contributed by atoms with Crippen molar-refractivity contribution >= 4 is 5.91 Å². The molecule has 116 valence electrons. The SMILES string of the molecule is O=C(NCCC1CCCNC1)c1ccc(C(F)(F)F)cc1. The predicted molar refractivity (Wildman–Crippen MR) is 74.0 cm³/mol. The summed E-state index contributed by atoms with van der Waals surface area (Å²) in [6.45, 7) is 2.57. The molecule has 21 heavy (non-hydrogen) atoms. The molecule has 2 rings (SSSR count). The molecular formula is C15H19F3N2O. The first-order chi connectivity index (χ1) is 9.97. The van der Waals surface area contributed by atoms with E-state index in [0.29, 0.717) is 12.5 Å². The maximum atomic E-state index is 12.4. The number of hydrogen-bond acceptors (Lipinski definition) is 2. The Morgan fingerprint density at radius 1 is 1.29 bits per heavy atom. The van der Waals surface area contributed by atoms with Gasteiger partial charge in [-0.05, 0) is 62.5 Å². The highest BCUT2D eigenvalue weighted by molar-refractivity contribution is 5.94. The Balaban J connectivity index is 1.80. The van der Waals surface area contributed by atoms with Crippen LogP contribution in [0.1, 0.15) is 35.2 Å². The normalized spacial score (nSPS) is 19.3. The fraction of sp³-hybridized carbons (Fsp3) is 0.533. The molecule has 1 saturated heterocycles. The maximum Gasteiger partial charge on any atom is 0.416 e. The standard InChI is InChI=1S/C15H19F3N2O/c16-15(17,18)13-5-3-12(4-6-13)14(21)20-9-7-11-2-1-8-19-10-11/h3-6,11,19H,1-2,7-10H2,(H,20,21). The van der Waals surface area contributed by atoms with Crippen molar-refractivity contribution in [3.05, 3.63) is 35.4 Å². The van der Waals surface area contributed by atoms with Gasteiger partial charge in [0, 0.05) is 12.1 Å². The number of hydrogen-bond donors (Lipinski definition) is 2. The average molecular weight is 300 g/mol. The first-order valence-electron chi connectivity index (χ1n) is 7.13. The number of alkyl halides is 3. The van der Waals surface area contributed by atoms with Crippen LogP contribution in [0.5, 0.6) is 0 Å². The van der Waals surface area contributed by atoms with Crippen LogP contribution in [0.2, 0.25) is 0 Å². The molecule has 0 radical (unpaired) electrons. The van der Waals surface area contributed by atoms with Gasteiger partial charge in [-0.1, -0.05) is 0 Å². The van der Waals surface area contributed by atoms with Crippen LogP contribution >= 0.6 is 0 Å². The van der Waals surface area contributed by atoms with Crippen LogP contribution in [-0.2, 0) is 6.18 Å². The van der Waals surface area contributed by atoms with Gasteiger partial charge in [0.1, 0.15) is 0 Å². The molecular weight excluding hydrogens is 281 g/mol. The third kappa shape index (κ3) is 4.74. The van der Waals surface area contributed by atoms with E-state index >= 15 is 0 Å². The lowest BCUT2D eigenvalue weighted by atomic mass is 9.96. The first kappa shape index (κ1) is 15.8. The van der Waals surface area contributed by atoms with E-state index in [9.17, 15) is 18.0 Å². The molecule has 6 heteroatoms. The van der Waals surface area contributed by atoms with Crippen LogP contribution in [0.15, 0.2) is 24.3 Å². The molecule has 1 aliphatic rings. The smallest absolute Gasteiger partial charge is 0.352 e. The van der Waals surface area contributed by atoms with E-state index < -0.39 is 11.7 Å². The van der Waals surface area contributed by atoms with E-state index in [1.54, 1.807) is 0 Å². The summed E-state index contributed by atoms with van der Waals surface area (Å²) in [7, 11) is 0. The van der Waals surface area contributed by atoms with Gasteiger partial charge in [0.2, 0.25) is 0 Å². The molecule has 1 fully saturated rings. The summed E-state index contributed by atoms with van der Waals surface area (Å²) in [5, 5.41) is 6.06. The molecule has 0 aliphatic carbocycles. The summed E-state index contributed by atoms with van der Waals surface area (Å²) in [4.78, 5) is 11.8. The highest BCUT2D eigenvalue weighted by Gasteiger charge is 2.30. The van der Waals surface area contributed by atoms with Crippen LogP contribution < -0.4 is 10.6 Å². The van der Waals surface area contributed by atoms with Crippen LogP contribution in [0.25, 0.3) is 0 Å². The molecule has 0 aromatic heterocycles. The quantitative estimate of drug-likeness (QED) is 0.898. The minimum atomic E-state index is -4.37. The monoisotopic (exact) mass is 300 g/mol. The molecule has 1 unspecified atom stereocenters. The highest BCUT2D eigenvalue weighted by atomic mass is 19.4. The van der Waals surface area contributed by atoms with Crippen molar-refractivity contribution in [2.24, 2.45) is 5.92 Å². The van der Waals surface area contributed by atoms with Gasteiger partial charge < -0.3 is 10.6 Å². The Morgan fingerprint density at radius 2 is 2.00 bits per heavy atom. The largest absolute Gasteiger partial charge is 0.416 e. The Hall–Kier alpha value is -1.56. The number of nitrogens with one attached hydrogen (secondary N) is 2. The summed E-state index contributed by atoms with van der Waals surface area (Å²) in [5.74, 6) is 0.235. The average Bonchev–Trinajstić information content (AvgIpc) is 2.47. The minimum Gasteiger partial charge on any atom is -0.352 e. The van der Waals surface area contributed by atoms with Gasteiger partial charge in [-0.3, -0.25) is 4.79 Å². The Bertz CT molecular complexity index is 465. The lowest BCUT2D eigenvalue weighted by Gasteiger charge is -2.22. The summed E-state index contributed by atoms with van der Waals surface area (Å²) >= 11 is 0. The first-order valence-corrected chi connectivity index (χ1v) is 7.13. The number of rotatable bonds is 4.